The average molecular weight is 222 g/mol. The van der Waals surface area contributed by atoms with Crippen LogP contribution in [0.2, 0.25) is 0 Å². The molecular formula is C13H18O3. The Bertz CT molecular complexity index is 410. The van der Waals surface area contributed by atoms with Crippen molar-refractivity contribution in [3.63, 3.8) is 0 Å². The number of epoxide rings is 1. The molecule has 88 valence electrons. The number of hydrogen-bond acceptors (Lipinski definition) is 3. The van der Waals surface area contributed by atoms with Crippen LogP contribution in [0.5, 0.6) is 11.5 Å². The van der Waals surface area contributed by atoms with Gasteiger partial charge in [0, 0.05) is 11.6 Å². The van der Waals surface area contributed by atoms with E-state index >= 15 is 0 Å². The van der Waals surface area contributed by atoms with Crippen molar-refractivity contribution in [3.05, 3.63) is 23.3 Å². The Hall–Kier alpha value is -1.22. The summed E-state index contributed by atoms with van der Waals surface area (Å²) in [6, 6.07) is 3.91. The Labute approximate surface area is 96.3 Å². The maximum absolute atomic E-state index is 5.67. The van der Waals surface area contributed by atoms with Crippen molar-refractivity contribution in [1.82, 2.24) is 0 Å². The van der Waals surface area contributed by atoms with E-state index in [-0.39, 0.29) is 11.7 Å². The Morgan fingerprint density at radius 1 is 1.19 bits per heavy atom. The summed E-state index contributed by atoms with van der Waals surface area (Å²) in [6.45, 7) is 6.22. The first kappa shape index (κ1) is 11.3. The predicted molar refractivity (Wildman–Crippen MR) is 62.2 cm³/mol. The molecular weight excluding hydrogens is 204 g/mol. The summed E-state index contributed by atoms with van der Waals surface area (Å²) in [5.74, 6) is 1.66. The minimum absolute atomic E-state index is 0.0768. The lowest BCUT2D eigenvalue weighted by Crippen LogP contribution is -2.02. The quantitative estimate of drug-likeness (QED) is 0.737. The molecule has 1 atom stereocenters. The first-order valence-electron chi connectivity index (χ1n) is 5.40. The Kier molecular flexibility index (Phi) is 2.58. The molecule has 1 aromatic carbocycles. The number of rotatable bonds is 3. The third kappa shape index (κ3) is 1.76. The highest BCUT2D eigenvalue weighted by Crippen LogP contribution is 2.53. The molecule has 1 aliphatic rings. The highest BCUT2D eigenvalue weighted by Gasteiger charge is 2.50. The van der Waals surface area contributed by atoms with Gasteiger partial charge in [0.15, 0.2) is 0 Å². The van der Waals surface area contributed by atoms with Crippen LogP contribution in [0.1, 0.15) is 31.1 Å². The molecule has 1 aromatic rings. The van der Waals surface area contributed by atoms with Crippen LogP contribution in [0.15, 0.2) is 12.1 Å². The second-order valence-corrected chi connectivity index (χ2v) is 4.66. The van der Waals surface area contributed by atoms with E-state index in [0.717, 1.165) is 22.6 Å². The monoisotopic (exact) mass is 222 g/mol. The fraction of sp³-hybridized carbons (Fsp3) is 0.538. The average Bonchev–Trinajstić information content (AvgIpc) is 2.85. The molecule has 2 rings (SSSR count). The normalized spacial score (nSPS) is 21.7. The van der Waals surface area contributed by atoms with Gasteiger partial charge in [-0.3, -0.25) is 0 Å². The van der Waals surface area contributed by atoms with E-state index in [0.29, 0.717) is 0 Å². The van der Waals surface area contributed by atoms with E-state index in [2.05, 4.69) is 20.8 Å². The van der Waals surface area contributed by atoms with Crippen LogP contribution in [0.3, 0.4) is 0 Å². The Morgan fingerprint density at radius 2 is 1.81 bits per heavy atom. The van der Waals surface area contributed by atoms with Crippen molar-refractivity contribution in [2.75, 3.05) is 14.2 Å². The molecule has 0 spiro atoms. The molecule has 16 heavy (non-hydrogen) atoms. The number of methoxy groups -OCH3 is 2. The molecule has 3 heteroatoms. The summed E-state index contributed by atoms with van der Waals surface area (Å²) in [4.78, 5) is 0. The van der Waals surface area contributed by atoms with Crippen LogP contribution in [-0.2, 0) is 4.74 Å². The van der Waals surface area contributed by atoms with Crippen molar-refractivity contribution in [3.8, 4) is 11.5 Å². The second-order valence-electron chi connectivity index (χ2n) is 4.66. The van der Waals surface area contributed by atoms with Gasteiger partial charge in [-0.2, -0.15) is 0 Å². The molecule has 3 nitrogen and oxygen atoms in total. The maximum Gasteiger partial charge on any atom is 0.128 e. The fourth-order valence-electron chi connectivity index (χ4n) is 2.03. The molecule has 1 saturated heterocycles. The van der Waals surface area contributed by atoms with Gasteiger partial charge in [0.05, 0.1) is 19.8 Å². The largest absolute Gasteiger partial charge is 0.497 e. The van der Waals surface area contributed by atoms with E-state index in [1.807, 2.05) is 12.1 Å². The minimum Gasteiger partial charge on any atom is -0.497 e. The zero-order valence-corrected chi connectivity index (χ0v) is 10.5. The molecule has 1 heterocycles. The first-order chi connectivity index (χ1) is 7.49. The third-order valence-electron chi connectivity index (χ3n) is 3.04. The van der Waals surface area contributed by atoms with Gasteiger partial charge in [-0.25, -0.2) is 0 Å². The highest BCUT2D eigenvalue weighted by atomic mass is 16.6. The van der Waals surface area contributed by atoms with Crippen molar-refractivity contribution in [2.24, 2.45) is 0 Å². The number of hydrogen-bond donors (Lipinski definition) is 0. The Balaban J connectivity index is 2.44. The van der Waals surface area contributed by atoms with E-state index in [4.69, 9.17) is 14.2 Å². The maximum atomic E-state index is 5.67. The van der Waals surface area contributed by atoms with Gasteiger partial charge < -0.3 is 14.2 Å². The topological polar surface area (TPSA) is 31.0 Å². The SMILES string of the molecule is COc1cc(C)c(C2OC2(C)C)c(OC)c1. The first-order valence-corrected chi connectivity index (χ1v) is 5.40. The molecule has 0 bridgehead atoms. The van der Waals surface area contributed by atoms with E-state index in [9.17, 15) is 0 Å². The molecule has 0 radical (unpaired) electrons. The molecule has 1 unspecified atom stereocenters. The van der Waals surface area contributed by atoms with Crippen molar-refractivity contribution in [1.29, 1.82) is 0 Å². The summed E-state index contributed by atoms with van der Waals surface area (Å²) >= 11 is 0. The van der Waals surface area contributed by atoms with Gasteiger partial charge in [0.25, 0.3) is 0 Å². The standard InChI is InChI=1S/C13H18O3/c1-8-6-9(14-4)7-10(15-5)11(8)12-13(2,3)16-12/h6-7,12H,1-5H3. The predicted octanol–water partition coefficient (Wildman–Crippen LogP) is 2.86. The van der Waals surface area contributed by atoms with Crippen molar-refractivity contribution < 1.29 is 14.2 Å². The van der Waals surface area contributed by atoms with Crippen LogP contribution in [0.4, 0.5) is 0 Å². The third-order valence-corrected chi connectivity index (χ3v) is 3.04. The van der Waals surface area contributed by atoms with Gasteiger partial charge in [0.1, 0.15) is 17.6 Å². The highest BCUT2D eigenvalue weighted by molar-refractivity contribution is 5.49. The number of aryl methyl sites for hydroxylation is 1. The molecule has 1 aliphatic heterocycles. The van der Waals surface area contributed by atoms with Gasteiger partial charge in [-0.1, -0.05) is 0 Å². The number of ether oxygens (including phenoxy) is 3. The van der Waals surface area contributed by atoms with E-state index < -0.39 is 0 Å². The summed E-state index contributed by atoms with van der Waals surface area (Å²) < 4.78 is 16.3. The fourth-order valence-corrected chi connectivity index (χ4v) is 2.03. The minimum atomic E-state index is -0.0768. The van der Waals surface area contributed by atoms with Gasteiger partial charge in [0.2, 0.25) is 0 Å². The number of benzene rings is 1. The lowest BCUT2D eigenvalue weighted by Gasteiger charge is -2.12. The zero-order valence-electron chi connectivity index (χ0n) is 10.5. The Morgan fingerprint density at radius 3 is 2.25 bits per heavy atom. The van der Waals surface area contributed by atoms with Gasteiger partial charge in [-0.05, 0) is 32.4 Å². The van der Waals surface area contributed by atoms with Gasteiger partial charge in [-0.15, -0.1) is 0 Å². The molecule has 0 aliphatic carbocycles. The lowest BCUT2D eigenvalue weighted by atomic mass is 9.97. The summed E-state index contributed by atoms with van der Waals surface area (Å²) in [7, 11) is 3.33. The molecule has 0 saturated carbocycles. The summed E-state index contributed by atoms with van der Waals surface area (Å²) in [6.07, 6.45) is 0.133. The van der Waals surface area contributed by atoms with Crippen molar-refractivity contribution in [2.45, 2.75) is 32.5 Å². The smallest absolute Gasteiger partial charge is 0.128 e. The van der Waals surface area contributed by atoms with E-state index in [1.165, 1.54) is 0 Å². The van der Waals surface area contributed by atoms with Crippen LogP contribution in [-0.4, -0.2) is 19.8 Å². The molecule has 0 amide bonds. The molecule has 0 N–H and O–H groups in total. The van der Waals surface area contributed by atoms with E-state index in [1.54, 1.807) is 14.2 Å². The zero-order chi connectivity index (χ0) is 11.9. The van der Waals surface area contributed by atoms with Gasteiger partial charge >= 0.3 is 0 Å². The van der Waals surface area contributed by atoms with Crippen LogP contribution in [0, 0.1) is 6.92 Å². The summed E-state index contributed by atoms with van der Waals surface area (Å²) in [5.41, 5.74) is 2.20. The molecule has 0 aromatic heterocycles. The van der Waals surface area contributed by atoms with Crippen LogP contribution in [0.25, 0.3) is 0 Å². The summed E-state index contributed by atoms with van der Waals surface area (Å²) in [5, 5.41) is 0. The van der Waals surface area contributed by atoms with Crippen LogP contribution >= 0.6 is 0 Å². The molecule has 1 fully saturated rings. The van der Waals surface area contributed by atoms with Crippen LogP contribution < -0.4 is 9.47 Å². The second kappa shape index (κ2) is 3.67. The lowest BCUT2D eigenvalue weighted by molar-refractivity contribution is 0.321. The van der Waals surface area contributed by atoms with Crippen molar-refractivity contribution >= 4 is 0 Å².